The first-order valence-corrected chi connectivity index (χ1v) is 11.6. The van der Waals surface area contributed by atoms with Crippen LogP contribution < -0.4 is 5.73 Å². The number of ether oxygens (including phenoxy) is 2. The Labute approximate surface area is 191 Å². The second kappa shape index (κ2) is 12.4. The summed E-state index contributed by atoms with van der Waals surface area (Å²) < 4.78 is 10.3. The van der Waals surface area contributed by atoms with Gasteiger partial charge in [-0.25, -0.2) is 4.79 Å². The van der Waals surface area contributed by atoms with Gasteiger partial charge in [0.15, 0.2) is 0 Å². The monoisotopic (exact) mass is 463 g/mol. The van der Waals surface area contributed by atoms with Crippen LogP contribution in [0.2, 0.25) is 0 Å². The highest BCUT2D eigenvalue weighted by molar-refractivity contribution is 7.99. The molecular formula is C22H29N3O6S. The van der Waals surface area contributed by atoms with Crippen molar-refractivity contribution in [2.45, 2.75) is 32.6 Å². The third-order valence-electron chi connectivity index (χ3n) is 5.09. The molecule has 0 saturated heterocycles. The van der Waals surface area contributed by atoms with Gasteiger partial charge in [0.05, 0.1) is 29.9 Å². The lowest BCUT2D eigenvalue weighted by Gasteiger charge is -2.31. The maximum absolute atomic E-state index is 13.0. The van der Waals surface area contributed by atoms with Crippen molar-refractivity contribution < 1.29 is 24.0 Å². The van der Waals surface area contributed by atoms with Crippen LogP contribution in [0.3, 0.4) is 0 Å². The summed E-state index contributed by atoms with van der Waals surface area (Å²) in [5.74, 6) is -1.58. The van der Waals surface area contributed by atoms with Crippen LogP contribution >= 0.6 is 11.8 Å². The van der Waals surface area contributed by atoms with Crippen LogP contribution in [-0.4, -0.2) is 54.3 Å². The molecule has 2 atom stereocenters. The smallest absolute Gasteiger partial charge is 0.336 e. The van der Waals surface area contributed by atoms with Crippen LogP contribution in [0.5, 0.6) is 0 Å². The van der Waals surface area contributed by atoms with Crippen LogP contribution in [0.1, 0.15) is 38.2 Å². The second-order valence-corrected chi connectivity index (χ2v) is 8.32. The number of benzene rings is 1. The summed E-state index contributed by atoms with van der Waals surface area (Å²) in [6, 6.07) is 5.94. The number of nitro benzene ring substituents is 1. The SMILES string of the molecule is CCOC(=O)C1=C(CSCCCCN)N=C(C)C(C(=O)OC)C1c1cccc([N+](=O)[O-])c1. The molecule has 0 spiro atoms. The number of non-ortho nitro benzene ring substituents is 1. The molecule has 1 aliphatic rings. The standard InChI is InChI=1S/C22H29N3O6S/c1-4-31-22(27)20-17(13-32-11-6-5-10-23)24-14(2)18(21(26)30-3)19(20)15-8-7-9-16(12-15)25(28)29/h7-9,12,18-19H,4-6,10-11,13,23H2,1-3H3. The molecule has 2 unspecified atom stereocenters. The first-order chi connectivity index (χ1) is 15.3. The van der Waals surface area contributed by atoms with E-state index in [4.69, 9.17) is 15.2 Å². The molecule has 1 aliphatic heterocycles. The van der Waals surface area contributed by atoms with Crippen LogP contribution in [0, 0.1) is 16.0 Å². The number of hydrogen-bond donors (Lipinski definition) is 1. The van der Waals surface area contributed by atoms with Crippen molar-refractivity contribution in [3.63, 3.8) is 0 Å². The summed E-state index contributed by atoms with van der Waals surface area (Å²) in [4.78, 5) is 41.2. The minimum absolute atomic E-state index is 0.132. The first kappa shape index (κ1) is 25.5. The predicted molar refractivity (Wildman–Crippen MR) is 124 cm³/mol. The Morgan fingerprint density at radius 3 is 2.69 bits per heavy atom. The van der Waals surface area contributed by atoms with Gasteiger partial charge in [0.1, 0.15) is 5.92 Å². The van der Waals surface area contributed by atoms with E-state index < -0.39 is 28.7 Å². The Hall–Kier alpha value is -2.72. The molecule has 0 saturated carbocycles. The van der Waals surface area contributed by atoms with E-state index in [1.54, 1.807) is 31.7 Å². The summed E-state index contributed by atoms with van der Waals surface area (Å²) in [7, 11) is 1.26. The van der Waals surface area contributed by atoms with Gasteiger partial charge >= 0.3 is 11.9 Å². The summed E-state index contributed by atoms with van der Waals surface area (Å²) in [6.45, 7) is 4.15. The lowest BCUT2D eigenvalue weighted by atomic mass is 9.75. The van der Waals surface area contributed by atoms with Gasteiger partial charge in [-0.2, -0.15) is 11.8 Å². The molecule has 2 rings (SSSR count). The molecule has 32 heavy (non-hydrogen) atoms. The van der Waals surface area contributed by atoms with Crippen molar-refractivity contribution in [3.8, 4) is 0 Å². The Balaban J connectivity index is 2.60. The fourth-order valence-corrected chi connectivity index (χ4v) is 4.60. The maximum Gasteiger partial charge on any atom is 0.336 e. The number of rotatable bonds is 11. The normalized spacial score (nSPS) is 18.2. The topological polar surface area (TPSA) is 134 Å². The molecule has 1 aromatic carbocycles. The van der Waals surface area contributed by atoms with Crippen molar-refractivity contribution in [2.24, 2.45) is 16.6 Å². The minimum atomic E-state index is -0.896. The van der Waals surface area contributed by atoms with Crippen molar-refractivity contribution in [1.29, 1.82) is 0 Å². The third-order valence-corrected chi connectivity index (χ3v) is 6.14. The van der Waals surface area contributed by atoms with E-state index in [-0.39, 0.29) is 17.9 Å². The van der Waals surface area contributed by atoms with E-state index in [1.807, 2.05) is 0 Å². The van der Waals surface area contributed by atoms with E-state index in [1.165, 1.54) is 25.3 Å². The van der Waals surface area contributed by atoms with E-state index in [0.717, 1.165) is 18.6 Å². The zero-order chi connectivity index (χ0) is 23.7. The second-order valence-electron chi connectivity index (χ2n) is 7.21. The van der Waals surface area contributed by atoms with Gasteiger partial charge in [-0.1, -0.05) is 12.1 Å². The fourth-order valence-electron chi connectivity index (χ4n) is 3.64. The highest BCUT2D eigenvalue weighted by atomic mass is 32.2. The lowest BCUT2D eigenvalue weighted by molar-refractivity contribution is -0.384. The number of carbonyl (C=O) groups is 2. The van der Waals surface area contributed by atoms with Gasteiger partial charge in [0.2, 0.25) is 0 Å². The Morgan fingerprint density at radius 1 is 1.31 bits per heavy atom. The van der Waals surface area contributed by atoms with Crippen molar-refractivity contribution in [1.82, 2.24) is 0 Å². The van der Waals surface area contributed by atoms with E-state index >= 15 is 0 Å². The van der Waals surface area contributed by atoms with Gasteiger partial charge in [-0.3, -0.25) is 19.9 Å². The van der Waals surface area contributed by atoms with Gasteiger partial charge in [-0.05, 0) is 44.6 Å². The third kappa shape index (κ3) is 6.17. The van der Waals surface area contributed by atoms with Gasteiger partial charge in [0, 0.05) is 29.5 Å². The maximum atomic E-state index is 13.0. The molecule has 0 fully saturated rings. The number of thioether (sulfide) groups is 1. The largest absolute Gasteiger partial charge is 0.468 e. The average molecular weight is 464 g/mol. The number of aliphatic imine (C=N–C) groups is 1. The molecule has 1 aromatic rings. The number of nitrogens with zero attached hydrogens (tertiary/aromatic N) is 2. The number of esters is 2. The van der Waals surface area contributed by atoms with Crippen LogP contribution in [0.25, 0.3) is 0 Å². The van der Waals surface area contributed by atoms with E-state index in [2.05, 4.69) is 4.99 Å². The number of nitro groups is 1. The number of nitrogens with two attached hydrogens (primary N) is 1. The summed E-state index contributed by atoms with van der Waals surface area (Å²) in [6.07, 6.45) is 1.84. The van der Waals surface area contributed by atoms with Crippen LogP contribution in [0.4, 0.5) is 5.69 Å². The predicted octanol–water partition coefficient (Wildman–Crippen LogP) is 3.23. The minimum Gasteiger partial charge on any atom is -0.468 e. The molecule has 0 radical (unpaired) electrons. The Morgan fingerprint density at radius 2 is 2.06 bits per heavy atom. The number of hydrogen-bond acceptors (Lipinski definition) is 9. The lowest BCUT2D eigenvalue weighted by Crippen LogP contribution is -2.36. The van der Waals surface area contributed by atoms with Crippen molar-refractivity contribution in [3.05, 3.63) is 51.2 Å². The molecule has 9 nitrogen and oxygen atoms in total. The van der Waals surface area contributed by atoms with Gasteiger partial charge in [-0.15, -0.1) is 0 Å². The molecule has 174 valence electrons. The van der Waals surface area contributed by atoms with Gasteiger partial charge in [0.25, 0.3) is 5.69 Å². The molecule has 2 N–H and O–H groups in total. The van der Waals surface area contributed by atoms with Crippen molar-refractivity contribution >= 4 is 35.1 Å². The molecule has 0 aromatic heterocycles. The highest BCUT2D eigenvalue weighted by Gasteiger charge is 2.43. The summed E-state index contributed by atoms with van der Waals surface area (Å²) in [5.41, 5.74) is 7.10. The number of unbranched alkanes of at least 4 members (excludes halogenated alkanes) is 1. The molecule has 1 heterocycles. The van der Waals surface area contributed by atoms with Gasteiger partial charge < -0.3 is 15.2 Å². The van der Waals surface area contributed by atoms with Crippen LogP contribution in [0.15, 0.2) is 40.5 Å². The number of methoxy groups -OCH3 is 1. The van der Waals surface area contributed by atoms with Crippen molar-refractivity contribution in [2.75, 3.05) is 31.8 Å². The molecule has 0 aliphatic carbocycles. The Kier molecular flexibility index (Phi) is 9.86. The zero-order valence-electron chi connectivity index (χ0n) is 18.5. The summed E-state index contributed by atoms with van der Waals surface area (Å²) in [5, 5.41) is 11.4. The fraction of sp³-hybridized carbons (Fsp3) is 0.500. The zero-order valence-corrected chi connectivity index (χ0v) is 19.4. The summed E-state index contributed by atoms with van der Waals surface area (Å²) >= 11 is 1.61. The average Bonchev–Trinajstić information content (AvgIpc) is 2.78. The quantitative estimate of drug-likeness (QED) is 0.229. The van der Waals surface area contributed by atoms with E-state index in [9.17, 15) is 19.7 Å². The molecule has 0 bridgehead atoms. The van der Waals surface area contributed by atoms with E-state index in [0.29, 0.717) is 29.3 Å². The molecule has 0 amide bonds. The number of carbonyl (C=O) groups excluding carboxylic acids is 2. The molecule has 10 heteroatoms. The highest BCUT2D eigenvalue weighted by Crippen LogP contribution is 2.41. The Bertz CT molecular complexity index is 915. The molecular weight excluding hydrogens is 434 g/mol. The first-order valence-electron chi connectivity index (χ1n) is 10.4. The van der Waals surface area contributed by atoms with Crippen LogP contribution in [-0.2, 0) is 19.1 Å².